The molecule has 0 aromatic carbocycles. The van der Waals surface area contributed by atoms with E-state index < -0.39 is 0 Å². The third-order valence-corrected chi connectivity index (χ3v) is 3.61. The van der Waals surface area contributed by atoms with Crippen molar-refractivity contribution < 1.29 is 0 Å². The summed E-state index contributed by atoms with van der Waals surface area (Å²) in [7, 11) is 0. The van der Waals surface area contributed by atoms with Gasteiger partial charge >= 0.3 is 0 Å². The van der Waals surface area contributed by atoms with Crippen LogP contribution in [0, 0.1) is 0 Å². The Labute approximate surface area is 124 Å². The molecule has 0 radical (unpaired) electrons. The zero-order chi connectivity index (χ0) is 14.7. The molecule has 0 amide bonds. The minimum absolute atomic E-state index is 0.231. The van der Waals surface area contributed by atoms with Crippen LogP contribution in [0.3, 0.4) is 0 Å². The van der Waals surface area contributed by atoms with E-state index in [0.717, 1.165) is 43.9 Å². The number of rotatable bonds is 4. The number of aromatic nitrogens is 4. The van der Waals surface area contributed by atoms with Gasteiger partial charge in [0, 0.05) is 43.3 Å². The molecule has 1 aliphatic rings. The summed E-state index contributed by atoms with van der Waals surface area (Å²) in [6.45, 7) is 3.95. The molecule has 2 aromatic heterocycles. The van der Waals surface area contributed by atoms with Gasteiger partial charge in [-0.15, -0.1) is 0 Å². The first-order chi connectivity index (χ1) is 10.3. The van der Waals surface area contributed by atoms with Crippen LogP contribution < -0.4 is 10.6 Å². The van der Waals surface area contributed by atoms with Crippen LogP contribution in [0.4, 0.5) is 5.82 Å². The highest BCUT2D eigenvalue weighted by Crippen LogP contribution is 2.22. The standard InChI is InChI=1S/C15H20N6/c1-2-3-12-8-14(21-7-4-11(16)10-21)20-15(19-12)13-9-17-5-6-18-13/h5-6,8-9,11H,2-4,7,10,16H2,1H3. The second-order valence-corrected chi connectivity index (χ2v) is 5.38. The largest absolute Gasteiger partial charge is 0.355 e. The summed E-state index contributed by atoms with van der Waals surface area (Å²) < 4.78 is 0. The van der Waals surface area contributed by atoms with Gasteiger partial charge in [0.2, 0.25) is 0 Å². The van der Waals surface area contributed by atoms with Crippen molar-refractivity contribution in [1.29, 1.82) is 0 Å². The van der Waals surface area contributed by atoms with Crippen LogP contribution in [0.2, 0.25) is 0 Å². The topological polar surface area (TPSA) is 80.8 Å². The van der Waals surface area contributed by atoms with E-state index in [1.54, 1.807) is 18.6 Å². The fourth-order valence-electron chi connectivity index (χ4n) is 2.55. The van der Waals surface area contributed by atoms with E-state index in [0.29, 0.717) is 11.5 Å². The van der Waals surface area contributed by atoms with Crippen molar-refractivity contribution in [3.8, 4) is 11.5 Å². The van der Waals surface area contributed by atoms with Gasteiger partial charge in [-0.3, -0.25) is 4.98 Å². The summed E-state index contributed by atoms with van der Waals surface area (Å²) in [6, 6.07) is 2.30. The van der Waals surface area contributed by atoms with Gasteiger partial charge in [-0.25, -0.2) is 15.0 Å². The smallest absolute Gasteiger partial charge is 0.182 e. The average molecular weight is 284 g/mol. The van der Waals surface area contributed by atoms with E-state index in [4.69, 9.17) is 5.73 Å². The Hall–Kier alpha value is -2.08. The molecule has 3 heterocycles. The molecule has 1 unspecified atom stereocenters. The third-order valence-electron chi connectivity index (χ3n) is 3.61. The third kappa shape index (κ3) is 3.16. The zero-order valence-electron chi connectivity index (χ0n) is 12.2. The lowest BCUT2D eigenvalue weighted by molar-refractivity contribution is 0.751. The molecule has 0 bridgehead atoms. The van der Waals surface area contributed by atoms with E-state index in [2.05, 4.69) is 37.8 Å². The normalized spacial score (nSPS) is 18.2. The Morgan fingerprint density at radius 1 is 1.33 bits per heavy atom. The van der Waals surface area contributed by atoms with E-state index in [1.165, 1.54) is 0 Å². The maximum Gasteiger partial charge on any atom is 0.182 e. The molecule has 0 spiro atoms. The van der Waals surface area contributed by atoms with Crippen LogP contribution in [0.1, 0.15) is 25.5 Å². The number of hydrogen-bond acceptors (Lipinski definition) is 6. The molecule has 2 aromatic rings. The minimum atomic E-state index is 0.231. The molecular formula is C15H20N6. The molecule has 3 rings (SSSR count). The van der Waals surface area contributed by atoms with Crippen LogP contribution in [0.25, 0.3) is 11.5 Å². The minimum Gasteiger partial charge on any atom is -0.355 e. The van der Waals surface area contributed by atoms with Crippen molar-refractivity contribution in [1.82, 2.24) is 19.9 Å². The molecule has 0 saturated carbocycles. The van der Waals surface area contributed by atoms with Crippen LogP contribution in [-0.4, -0.2) is 39.1 Å². The summed E-state index contributed by atoms with van der Waals surface area (Å²) in [6.07, 6.45) is 8.01. The van der Waals surface area contributed by atoms with Gasteiger partial charge in [-0.05, 0) is 12.8 Å². The first-order valence-corrected chi connectivity index (χ1v) is 7.41. The number of nitrogens with two attached hydrogens (primary N) is 1. The number of hydrogen-bond donors (Lipinski definition) is 1. The molecule has 21 heavy (non-hydrogen) atoms. The molecule has 1 aliphatic heterocycles. The second-order valence-electron chi connectivity index (χ2n) is 5.38. The second kappa shape index (κ2) is 6.13. The molecular weight excluding hydrogens is 264 g/mol. The fourth-order valence-corrected chi connectivity index (χ4v) is 2.55. The average Bonchev–Trinajstić information content (AvgIpc) is 2.95. The van der Waals surface area contributed by atoms with Gasteiger partial charge in [-0.2, -0.15) is 0 Å². The van der Waals surface area contributed by atoms with Crippen LogP contribution in [-0.2, 0) is 6.42 Å². The lowest BCUT2D eigenvalue weighted by atomic mass is 10.2. The number of anilines is 1. The summed E-state index contributed by atoms with van der Waals surface area (Å²) in [5.41, 5.74) is 7.75. The zero-order valence-corrected chi connectivity index (χ0v) is 12.2. The predicted octanol–water partition coefficient (Wildman–Crippen LogP) is 1.42. The molecule has 1 fully saturated rings. The van der Waals surface area contributed by atoms with Crippen molar-refractivity contribution in [2.75, 3.05) is 18.0 Å². The molecule has 1 atom stereocenters. The maximum atomic E-state index is 6.00. The Balaban J connectivity index is 1.98. The number of nitrogens with zero attached hydrogens (tertiary/aromatic N) is 5. The lowest BCUT2D eigenvalue weighted by Crippen LogP contribution is -2.27. The molecule has 110 valence electrons. The van der Waals surface area contributed by atoms with Crippen molar-refractivity contribution in [3.63, 3.8) is 0 Å². The van der Waals surface area contributed by atoms with Crippen molar-refractivity contribution in [3.05, 3.63) is 30.4 Å². The SMILES string of the molecule is CCCc1cc(N2CCC(N)C2)nc(-c2cnccn2)n1. The van der Waals surface area contributed by atoms with Crippen molar-refractivity contribution >= 4 is 5.82 Å². The van der Waals surface area contributed by atoms with Crippen molar-refractivity contribution in [2.24, 2.45) is 5.73 Å². The van der Waals surface area contributed by atoms with Gasteiger partial charge in [0.1, 0.15) is 11.5 Å². The van der Waals surface area contributed by atoms with E-state index in [1.807, 2.05) is 0 Å². The van der Waals surface area contributed by atoms with Gasteiger partial charge in [0.25, 0.3) is 0 Å². The Morgan fingerprint density at radius 2 is 2.24 bits per heavy atom. The molecule has 6 nitrogen and oxygen atoms in total. The molecule has 2 N–H and O–H groups in total. The van der Waals surface area contributed by atoms with E-state index in [9.17, 15) is 0 Å². The predicted molar refractivity (Wildman–Crippen MR) is 81.9 cm³/mol. The molecule has 1 saturated heterocycles. The van der Waals surface area contributed by atoms with Gasteiger partial charge in [0.05, 0.1) is 6.20 Å². The van der Waals surface area contributed by atoms with E-state index in [-0.39, 0.29) is 6.04 Å². The first kappa shape index (κ1) is 13.9. The molecule has 6 heteroatoms. The van der Waals surface area contributed by atoms with Gasteiger partial charge < -0.3 is 10.6 Å². The highest BCUT2D eigenvalue weighted by Gasteiger charge is 2.21. The summed E-state index contributed by atoms with van der Waals surface area (Å²) in [4.78, 5) is 19.9. The van der Waals surface area contributed by atoms with Gasteiger partial charge in [0.15, 0.2) is 5.82 Å². The number of aryl methyl sites for hydroxylation is 1. The maximum absolute atomic E-state index is 6.00. The highest BCUT2D eigenvalue weighted by molar-refractivity contribution is 5.53. The summed E-state index contributed by atoms with van der Waals surface area (Å²) in [5, 5.41) is 0. The quantitative estimate of drug-likeness (QED) is 0.914. The Kier molecular flexibility index (Phi) is 4.06. The highest BCUT2D eigenvalue weighted by atomic mass is 15.2. The Bertz CT molecular complexity index is 600. The monoisotopic (exact) mass is 284 g/mol. The first-order valence-electron chi connectivity index (χ1n) is 7.41. The van der Waals surface area contributed by atoms with Crippen LogP contribution in [0.5, 0.6) is 0 Å². The summed E-state index contributed by atoms with van der Waals surface area (Å²) in [5.74, 6) is 1.59. The summed E-state index contributed by atoms with van der Waals surface area (Å²) >= 11 is 0. The van der Waals surface area contributed by atoms with E-state index >= 15 is 0 Å². The van der Waals surface area contributed by atoms with Gasteiger partial charge in [-0.1, -0.05) is 13.3 Å². The van der Waals surface area contributed by atoms with Crippen LogP contribution >= 0.6 is 0 Å². The van der Waals surface area contributed by atoms with Crippen molar-refractivity contribution in [2.45, 2.75) is 32.2 Å². The molecule has 0 aliphatic carbocycles. The fraction of sp³-hybridized carbons (Fsp3) is 0.467. The van der Waals surface area contributed by atoms with Crippen LogP contribution in [0.15, 0.2) is 24.7 Å². The Morgan fingerprint density at radius 3 is 2.90 bits per heavy atom. The lowest BCUT2D eigenvalue weighted by Gasteiger charge is -2.18.